The van der Waals surface area contributed by atoms with Crippen LogP contribution in [0.25, 0.3) is 0 Å². The first kappa shape index (κ1) is 15.1. The van der Waals surface area contributed by atoms with E-state index in [1.54, 1.807) is 6.07 Å². The molecule has 3 nitrogen and oxygen atoms in total. The number of hydrogen-bond donors (Lipinski definition) is 1. The van der Waals surface area contributed by atoms with Crippen molar-refractivity contribution in [2.24, 2.45) is 0 Å². The number of benzene rings is 2. The Labute approximate surface area is 135 Å². The van der Waals surface area contributed by atoms with Crippen molar-refractivity contribution >= 4 is 49.1 Å². The zero-order valence-electron chi connectivity index (χ0n) is 11.2. The fourth-order valence-corrected chi connectivity index (χ4v) is 2.62. The second-order valence-corrected chi connectivity index (χ2v) is 6.26. The Balaban J connectivity index is 2.31. The average molecular weight is 398 g/mol. The lowest BCUT2D eigenvalue weighted by Crippen LogP contribution is -2.17. The Morgan fingerprint density at radius 1 is 1.10 bits per heavy atom. The summed E-state index contributed by atoms with van der Waals surface area (Å²) in [4.78, 5) is 14.3. The molecule has 20 heavy (non-hydrogen) atoms. The highest BCUT2D eigenvalue weighted by Gasteiger charge is 2.13. The summed E-state index contributed by atoms with van der Waals surface area (Å²) in [6.45, 7) is 0. The Morgan fingerprint density at radius 3 is 2.50 bits per heavy atom. The van der Waals surface area contributed by atoms with Crippen LogP contribution in [0, 0.1) is 0 Å². The molecule has 0 aliphatic heterocycles. The highest BCUT2D eigenvalue weighted by molar-refractivity contribution is 9.11. The summed E-state index contributed by atoms with van der Waals surface area (Å²) < 4.78 is 1.63. The number of carbonyl (C=O) groups excluding carboxylic acids is 1. The summed E-state index contributed by atoms with van der Waals surface area (Å²) in [5, 5.41) is 2.94. The molecule has 0 heterocycles. The van der Waals surface area contributed by atoms with Crippen molar-refractivity contribution in [2.75, 3.05) is 24.3 Å². The minimum atomic E-state index is -0.146. The fourth-order valence-electron chi connectivity index (χ4n) is 1.83. The highest BCUT2D eigenvalue weighted by Crippen LogP contribution is 2.26. The van der Waals surface area contributed by atoms with Gasteiger partial charge in [-0.05, 0) is 46.3 Å². The van der Waals surface area contributed by atoms with Gasteiger partial charge in [0, 0.05) is 23.0 Å². The number of carbonyl (C=O) groups is 1. The van der Waals surface area contributed by atoms with Gasteiger partial charge in [0.2, 0.25) is 0 Å². The molecular weight excluding hydrogens is 384 g/mol. The van der Waals surface area contributed by atoms with Crippen molar-refractivity contribution in [3.05, 3.63) is 57.0 Å². The number of para-hydroxylation sites is 2. The number of halogens is 2. The van der Waals surface area contributed by atoms with Gasteiger partial charge in [-0.1, -0.05) is 28.1 Å². The van der Waals surface area contributed by atoms with Crippen molar-refractivity contribution in [1.29, 1.82) is 0 Å². The molecule has 104 valence electrons. The number of rotatable bonds is 3. The molecule has 0 atom stereocenters. The van der Waals surface area contributed by atoms with Gasteiger partial charge in [-0.25, -0.2) is 0 Å². The van der Waals surface area contributed by atoms with E-state index in [0.717, 1.165) is 20.3 Å². The maximum atomic E-state index is 12.4. The predicted molar refractivity (Wildman–Crippen MR) is 90.6 cm³/mol. The van der Waals surface area contributed by atoms with Gasteiger partial charge in [-0.3, -0.25) is 4.79 Å². The van der Waals surface area contributed by atoms with Gasteiger partial charge in [0.15, 0.2) is 0 Å². The molecule has 2 aromatic carbocycles. The lowest BCUT2D eigenvalue weighted by Gasteiger charge is -2.18. The molecule has 2 rings (SSSR count). The Hall–Kier alpha value is -1.33. The number of anilines is 2. The Bertz CT molecular complexity index is 642. The van der Waals surface area contributed by atoms with E-state index in [4.69, 9.17) is 0 Å². The molecule has 0 unspecified atom stereocenters. The minimum Gasteiger partial charge on any atom is -0.376 e. The van der Waals surface area contributed by atoms with Gasteiger partial charge in [0.05, 0.1) is 16.9 Å². The Kier molecular flexibility index (Phi) is 4.83. The summed E-state index contributed by atoms with van der Waals surface area (Å²) in [5.41, 5.74) is 2.34. The maximum absolute atomic E-state index is 12.4. The summed E-state index contributed by atoms with van der Waals surface area (Å²) in [7, 11) is 3.89. The van der Waals surface area contributed by atoms with Gasteiger partial charge in [-0.2, -0.15) is 0 Å². The maximum Gasteiger partial charge on any atom is 0.256 e. The number of nitrogens with one attached hydrogen (secondary N) is 1. The van der Waals surface area contributed by atoms with Gasteiger partial charge < -0.3 is 10.2 Å². The van der Waals surface area contributed by atoms with Gasteiger partial charge in [-0.15, -0.1) is 0 Å². The molecule has 0 bridgehead atoms. The number of hydrogen-bond acceptors (Lipinski definition) is 2. The normalized spacial score (nSPS) is 10.2. The van der Waals surface area contributed by atoms with Crippen LogP contribution in [-0.2, 0) is 0 Å². The lowest BCUT2D eigenvalue weighted by atomic mass is 10.2. The molecule has 0 aliphatic rings. The van der Waals surface area contributed by atoms with Crippen LogP contribution in [0.4, 0.5) is 11.4 Å². The van der Waals surface area contributed by atoms with E-state index in [1.807, 2.05) is 55.4 Å². The quantitative estimate of drug-likeness (QED) is 0.825. The van der Waals surface area contributed by atoms with Crippen LogP contribution < -0.4 is 10.2 Å². The summed E-state index contributed by atoms with van der Waals surface area (Å²) in [5.74, 6) is -0.146. The van der Waals surface area contributed by atoms with E-state index >= 15 is 0 Å². The number of nitrogens with zero attached hydrogens (tertiary/aromatic N) is 1. The SMILES string of the molecule is CN(C)c1ccccc1NC(=O)c1cc(Br)ccc1Br. The van der Waals surface area contributed by atoms with Crippen LogP contribution >= 0.6 is 31.9 Å². The van der Waals surface area contributed by atoms with Gasteiger partial charge in [0.1, 0.15) is 0 Å². The van der Waals surface area contributed by atoms with E-state index in [9.17, 15) is 4.79 Å². The van der Waals surface area contributed by atoms with Crippen molar-refractivity contribution in [3.63, 3.8) is 0 Å². The van der Waals surface area contributed by atoms with Crippen LogP contribution in [0.1, 0.15) is 10.4 Å². The molecule has 2 aromatic rings. The van der Waals surface area contributed by atoms with Crippen molar-refractivity contribution in [1.82, 2.24) is 0 Å². The third-order valence-electron chi connectivity index (χ3n) is 2.81. The molecule has 0 radical (unpaired) electrons. The molecule has 5 heteroatoms. The molecule has 1 N–H and O–H groups in total. The smallest absolute Gasteiger partial charge is 0.256 e. The summed E-state index contributed by atoms with van der Waals surface area (Å²) in [6, 6.07) is 13.2. The molecule has 0 aromatic heterocycles. The predicted octanol–water partition coefficient (Wildman–Crippen LogP) is 4.53. The van der Waals surface area contributed by atoms with E-state index < -0.39 is 0 Å². The molecular formula is C15H14Br2N2O. The lowest BCUT2D eigenvalue weighted by molar-refractivity contribution is 0.102. The zero-order valence-corrected chi connectivity index (χ0v) is 14.3. The summed E-state index contributed by atoms with van der Waals surface area (Å²) in [6.07, 6.45) is 0. The van der Waals surface area contributed by atoms with Crippen LogP contribution in [0.15, 0.2) is 51.4 Å². The van der Waals surface area contributed by atoms with Crippen LogP contribution in [0.5, 0.6) is 0 Å². The second kappa shape index (κ2) is 6.41. The van der Waals surface area contributed by atoms with Crippen LogP contribution in [0.2, 0.25) is 0 Å². The molecule has 0 aliphatic carbocycles. The zero-order chi connectivity index (χ0) is 14.7. The fraction of sp³-hybridized carbons (Fsp3) is 0.133. The van der Waals surface area contributed by atoms with E-state index in [0.29, 0.717) is 5.56 Å². The highest BCUT2D eigenvalue weighted by atomic mass is 79.9. The van der Waals surface area contributed by atoms with E-state index in [-0.39, 0.29) is 5.91 Å². The van der Waals surface area contributed by atoms with Crippen LogP contribution in [0.3, 0.4) is 0 Å². The van der Waals surface area contributed by atoms with E-state index in [1.165, 1.54) is 0 Å². The second-order valence-electron chi connectivity index (χ2n) is 4.49. The van der Waals surface area contributed by atoms with Crippen molar-refractivity contribution < 1.29 is 4.79 Å². The molecule has 0 saturated carbocycles. The Morgan fingerprint density at radius 2 is 1.80 bits per heavy atom. The van der Waals surface area contributed by atoms with Gasteiger partial charge in [0.25, 0.3) is 5.91 Å². The van der Waals surface area contributed by atoms with E-state index in [2.05, 4.69) is 37.2 Å². The first-order valence-corrected chi connectivity index (χ1v) is 7.60. The third kappa shape index (κ3) is 3.41. The largest absolute Gasteiger partial charge is 0.376 e. The van der Waals surface area contributed by atoms with Crippen molar-refractivity contribution in [2.45, 2.75) is 0 Å². The minimum absolute atomic E-state index is 0.146. The van der Waals surface area contributed by atoms with Crippen LogP contribution in [-0.4, -0.2) is 20.0 Å². The summed E-state index contributed by atoms with van der Waals surface area (Å²) >= 11 is 6.78. The topological polar surface area (TPSA) is 32.3 Å². The molecule has 0 fully saturated rings. The molecule has 0 spiro atoms. The molecule has 0 saturated heterocycles. The van der Waals surface area contributed by atoms with Gasteiger partial charge >= 0.3 is 0 Å². The first-order valence-electron chi connectivity index (χ1n) is 6.02. The molecule has 1 amide bonds. The first-order chi connectivity index (χ1) is 9.49. The average Bonchev–Trinajstić information content (AvgIpc) is 2.41. The third-order valence-corrected chi connectivity index (χ3v) is 3.99. The number of amides is 1. The van der Waals surface area contributed by atoms with Crippen molar-refractivity contribution in [3.8, 4) is 0 Å². The standard InChI is InChI=1S/C15H14Br2N2O/c1-19(2)14-6-4-3-5-13(14)18-15(20)11-9-10(16)7-8-12(11)17/h3-9H,1-2H3,(H,18,20). The monoisotopic (exact) mass is 396 g/mol.